The van der Waals surface area contributed by atoms with Crippen molar-refractivity contribution in [1.29, 1.82) is 0 Å². The smallest absolute Gasteiger partial charge is 0.545 e. The first-order chi connectivity index (χ1) is 9.58. The van der Waals surface area contributed by atoms with Gasteiger partial charge in [0.1, 0.15) is 0 Å². The molecule has 21 heavy (non-hydrogen) atoms. The Hall–Kier alpha value is -2.02. The van der Waals surface area contributed by atoms with E-state index in [1.54, 1.807) is 30.3 Å². The molecule has 2 aromatic carbocycles. The van der Waals surface area contributed by atoms with E-state index in [-0.39, 0.29) is 41.0 Å². The van der Waals surface area contributed by atoms with Gasteiger partial charge >= 0.3 is 35.4 Å². The van der Waals surface area contributed by atoms with Crippen molar-refractivity contribution in [3.63, 3.8) is 0 Å². The van der Waals surface area contributed by atoms with Crippen molar-refractivity contribution >= 4 is 17.5 Å². The molecule has 0 aliphatic carbocycles. The Morgan fingerprint density at radius 2 is 1.52 bits per heavy atom. The van der Waals surface area contributed by atoms with Gasteiger partial charge in [0.2, 0.25) is 0 Å². The summed E-state index contributed by atoms with van der Waals surface area (Å²) in [6, 6.07) is 13.6. The summed E-state index contributed by atoms with van der Waals surface area (Å²) in [4.78, 5) is 25.0. The molecule has 0 atom stereocenters. The fraction of sp³-hybridized carbons (Fsp3) is 0. The van der Waals surface area contributed by atoms with Gasteiger partial charge in [0, 0.05) is 0 Å². The maximum Gasteiger partial charge on any atom is 1.00 e. The second kappa shape index (κ2) is 7.68. The van der Waals surface area contributed by atoms with Gasteiger partial charge in [0.25, 0.3) is 0 Å². The second-order valence-corrected chi connectivity index (χ2v) is 3.89. The Morgan fingerprint density at radius 3 is 2.00 bits per heavy atom. The number of nitro groups is 1. The number of carboxylic acids is 1. The predicted octanol–water partition coefficient (Wildman–Crippen LogP) is -1.59. The molecule has 0 N–H and O–H groups in total. The van der Waals surface area contributed by atoms with Gasteiger partial charge in [-0.15, -0.1) is 0 Å². The minimum Gasteiger partial charge on any atom is -0.545 e. The van der Waals surface area contributed by atoms with Crippen molar-refractivity contribution in [2.24, 2.45) is 4.99 Å². The third-order valence-electron chi connectivity index (χ3n) is 2.54. The van der Waals surface area contributed by atoms with Crippen molar-refractivity contribution in [2.75, 3.05) is 0 Å². The molecule has 0 heterocycles. The SMILES string of the molecule is O=C([O-])c1ccc(N=C(c2ccccc2)[N+](=O)[O-])cc1.[Na+]. The average Bonchev–Trinajstić information content (AvgIpc) is 2.46. The van der Waals surface area contributed by atoms with Gasteiger partial charge in [-0.05, 0) is 51.9 Å². The maximum absolute atomic E-state index is 11.1. The molecule has 0 bridgehead atoms. The van der Waals surface area contributed by atoms with Crippen molar-refractivity contribution in [1.82, 2.24) is 0 Å². The number of amidine groups is 1. The zero-order valence-electron chi connectivity index (χ0n) is 11.2. The van der Waals surface area contributed by atoms with Crippen LogP contribution in [0.3, 0.4) is 0 Å². The monoisotopic (exact) mass is 292 g/mol. The molecule has 7 heteroatoms. The number of aliphatic imine (C=N–C) groups is 1. The van der Waals surface area contributed by atoms with Gasteiger partial charge < -0.3 is 20.0 Å². The molecule has 0 radical (unpaired) electrons. The Balaban J connectivity index is 0.00000220. The number of benzene rings is 2. The van der Waals surface area contributed by atoms with E-state index in [4.69, 9.17) is 0 Å². The number of hydrogen-bond acceptors (Lipinski definition) is 5. The summed E-state index contributed by atoms with van der Waals surface area (Å²) >= 11 is 0. The number of carboxylic acid groups (broad SMARTS) is 1. The number of carbonyl (C=O) groups is 1. The van der Waals surface area contributed by atoms with E-state index in [0.29, 0.717) is 11.3 Å². The van der Waals surface area contributed by atoms with Crippen LogP contribution in [0.2, 0.25) is 0 Å². The van der Waals surface area contributed by atoms with Crippen LogP contribution >= 0.6 is 0 Å². The van der Waals surface area contributed by atoms with E-state index in [0.717, 1.165) is 0 Å². The molecule has 100 valence electrons. The quantitative estimate of drug-likeness (QED) is 0.224. The van der Waals surface area contributed by atoms with Crippen molar-refractivity contribution in [3.05, 3.63) is 75.8 Å². The van der Waals surface area contributed by atoms with Crippen LogP contribution in [0.5, 0.6) is 0 Å². The summed E-state index contributed by atoms with van der Waals surface area (Å²) in [5.74, 6) is -1.61. The molecule has 0 fully saturated rings. The number of hydrogen-bond donors (Lipinski definition) is 0. The average molecular weight is 292 g/mol. The zero-order valence-corrected chi connectivity index (χ0v) is 13.2. The van der Waals surface area contributed by atoms with Gasteiger partial charge in [-0.3, -0.25) is 0 Å². The molecule has 0 amide bonds. The molecule has 0 saturated carbocycles. The van der Waals surface area contributed by atoms with E-state index in [1.165, 1.54) is 24.3 Å². The minimum atomic E-state index is -1.31. The summed E-state index contributed by atoms with van der Waals surface area (Å²) in [7, 11) is 0. The van der Waals surface area contributed by atoms with Crippen molar-refractivity contribution in [2.45, 2.75) is 0 Å². The third-order valence-corrected chi connectivity index (χ3v) is 2.54. The minimum absolute atomic E-state index is 0. The normalized spacial score (nSPS) is 10.6. The first-order valence-corrected chi connectivity index (χ1v) is 5.68. The van der Waals surface area contributed by atoms with Gasteiger partial charge in [-0.1, -0.05) is 18.2 Å². The number of carbonyl (C=O) groups excluding carboxylic acids is 1. The predicted molar refractivity (Wildman–Crippen MR) is 70.4 cm³/mol. The summed E-state index contributed by atoms with van der Waals surface area (Å²) in [5.41, 5.74) is 0.665. The van der Waals surface area contributed by atoms with E-state index >= 15 is 0 Å². The van der Waals surface area contributed by atoms with Gasteiger partial charge in [-0.2, -0.15) is 0 Å². The molecule has 0 unspecified atom stereocenters. The fourth-order valence-corrected chi connectivity index (χ4v) is 1.59. The Morgan fingerprint density at radius 1 is 0.952 bits per heavy atom. The largest absolute Gasteiger partial charge is 1.00 e. The van der Waals surface area contributed by atoms with Crippen LogP contribution in [0.25, 0.3) is 0 Å². The van der Waals surface area contributed by atoms with Gasteiger partial charge in [-0.25, -0.2) is 0 Å². The fourth-order valence-electron chi connectivity index (χ4n) is 1.59. The summed E-state index contributed by atoms with van der Waals surface area (Å²) in [6.07, 6.45) is 0. The standard InChI is InChI=1S/C14H10N2O4.Na/c17-14(18)11-6-8-12(9-7-11)15-13(16(19)20)10-4-2-1-3-5-10;/h1-9H,(H,17,18);/q;+1/p-1. The molecule has 2 rings (SSSR count). The Bertz CT molecular complexity index is 669. The van der Waals surface area contributed by atoms with E-state index in [9.17, 15) is 20.0 Å². The van der Waals surface area contributed by atoms with Crippen LogP contribution < -0.4 is 34.7 Å². The van der Waals surface area contributed by atoms with Gasteiger partial charge in [0.05, 0.1) is 11.5 Å². The van der Waals surface area contributed by atoms with Crippen LogP contribution in [-0.4, -0.2) is 16.7 Å². The summed E-state index contributed by atoms with van der Waals surface area (Å²) < 4.78 is 0. The van der Waals surface area contributed by atoms with Crippen molar-refractivity contribution < 1.29 is 44.4 Å². The van der Waals surface area contributed by atoms with E-state index in [2.05, 4.69) is 4.99 Å². The van der Waals surface area contributed by atoms with Crippen LogP contribution in [0.1, 0.15) is 15.9 Å². The summed E-state index contributed by atoms with van der Waals surface area (Å²) in [6.45, 7) is 0. The van der Waals surface area contributed by atoms with Crippen LogP contribution in [0, 0.1) is 10.1 Å². The molecule has 0 aliphatic heterocycles. The molecule has 2 aromatic rings. The number of nitrogens with zero attached hydrogens (tertiary/aromatic N) is 2. The van der Waals surface area contributed by atoms with Crippen LogP contribution in [-0.2, 0) is 0 Å². The molecular formula is C14H9N2NaO4. The Kier molecular flexibility index (Phi) is 6.23. The first-order valence-electron chi connectivity index (χ1n) is 5.68. The van der Waals surface area contributed by atoms with Crippen LogP contribution in [0.15, 0.2) is 59.6 Å². The summed E-state index contributed by atoms with van der Waals surface area (Å²) in [5, 5.41) is 21.7. The topological polar surface area (TPSA) is 95.6 Å². The van der Waals surface area contributed by atoms with Crippen molar-refractivity contribution in [3.8, 4) is 0 Å². The molecule has 0 aromatic heterocycles. The van der Waals surface area contributed by atoms with Gasteiger partial charge in [0.15, 0.2) is 5.69 Å². The molecular weight excluding hydrogens is 283 g/mol. The molecule has 0 spiro atoms. The van der Waals surface area contributed by atoms with Crippen LogP contribution in [0.4, 0.5) is 5.69 Å². The third kappa shape index (κ3) is 4.49. The van der Waals surface area contributed by atoms with E-state index < -0.39 is 10.9 Å². The number of rotatable bonds is 3. The first kappa shape index (κ1) is 17.0. The molecule has 0 saturated heterocycles. The Labute approximate surface area is 142 Å². The number of aromatic carboxylic acids is 1. The maximum atomic E-state index is 11.1. The zero-order chi connectivity index (χ0) is 14.5. The van der Waals surface area contributed by atoms with E-state index in [1.807, 2.05) is 0 Å². The second-order valence-electron chi connectivity index (χ2n) is 3.89. The molecule has 0 aliphatic rings. The molecule has 6 nitrogen and oxygen atoms in total.